The largest absolute Gasteiger partial charge is 0.600 e. The van der Waals surface area contributed by atoms with Crippen LogP contribution in [0.3, 0.4) is 0 Å². The molecule has 0 aromatic rings. The van der Waals surface area contributed by atoms with E-state index in [1.165, 1.54) is 0 Å². The van der Waals surface area contributed by atoms with Crippen LogP contribution in [-0.4, -0.2) is 129 Å². The van der Waals surface area contributed by atoms with Crippen LogP contribution in [0.4, 0.5) is 0 Å². The normalized spacial score (nSPS) is 45.2. The van der Waals surface area contributed by atoms with E-state index in [4.69, 9.17) is 24.1 Å². The van der Waals surface area contributed by atoms with Gasteiger partial charge in [0.05, 0.1) is 13.2 Å². The zero-order valence-corrected chi connectivity index (χ0v) is 15.0. The number of hydroxylamine groups is 1. The Morgan fingerprint density at radius 2 is 1.32 bits per heavy atom. The predicted octanol–water partition coefficient (Wildman–Crippen LogP) is -4.82. The van der Waals surface area contributed by atoms with Crippen LogP contribution < -0.4 is 0 Å². The summed E-state index contributed by atoms with van der Waals surface area (Å²) in [4.78, 5) is 0.222. The molecule has 0 amide bonds. The summed E-state index contributed by atoms with van der Waals surface area (Å²) in [5.41, 5.74) is 0. The average molecular weight is 414 g/mol. The summed E-state index contributed by atoms with van der Waals surface area (Å²) in [5, 5.41) is 82.5. The van der Waals surface area contributed by atoms with Crippen LogP contribution >= 0.6 is 0 Å². The molecule has 0 unspecified atom stereocenters. The quantitative estimate of drug-likeness (QED) is 0.119. The number of hydrogen-bond acceptors (Lipinski definition) is 13. The van der Waals surface area contributed by atoms with E-state index in [1.54, 1.807) is 0 Å². The van der Waals surface area contributed by atoms with Gasteiger partial charge in [-0.3, -0.25) is 0 Å². The van der Waals surface area contributed by atoms with E-state index in [2.05, 4.69) is 5.11 Å². The van der Waals surface area contributed by atoms with Crippen molar-refractivity contribution in [2.24, 2.45) is 5.11 Å². The first-order valence-electron chi connectivity index (χ1n) is 8.49. The van der Waals surface area contributed by atoms with E-state index in [1.807, 2.05) is 0 Å². The number of rotatable bonds is 7. The Hall–Kier alpha value is -1.04. The van der Waals surface area contributed by atoms with E-state index >= 15 is 0 Å². The SMILES string of the molecule is C/[N+]([O-])=N/CO[C@@H]1O[C@H](CO[C@@H]2O[C@H](CO)[C@@H](O)[C@H](O)[C@H]2O)[C@@H](O)[C@H](O)[C@H]1O. The Kier molecular flexibility index (Phi) is 8.41. The zero-order valence-electron chi connectivity index (χ0n) is 15.0. The molecule has 28 heavy (non-hydrogen) atoms. The van der Waals surface area contributed by atoms with Crippen LogP contribution in [0, 0.1) is 5.21 Å². The third-order valence-corrected chi connectivity index (χ3v) is 4.44. The highest BCUT2D eigenvalue weighted by Crippen LogP contribution is 2.25. The maximum Gasteiger partial charge on any atom is 0.203 e. The van der Waals surface area contributed by atoms with Gasteiger partial charge in [-0.1, -0.05) is 4.86 Å². The van der Waals surface area contributed by atoms with Gasteiger partial charge in [0.1, 0.15) is 48.8 Å². The molecule has 14 heteroatoms. The van der Waals surface area contributed by atoms with Gasteiger partial charge >= 0.3 is 0 Å². The molecule has 0 aromatic heterocycles. The first-order valence-corrected chi connectivity index (χ1v) is 8.49. The highest BCUT2D eigenvalue weighted by atomic mass is 16.7. The Labute approximate surface area is 159 Å². The summed E-state index contributed by atoms with van der Waals surface area (Å²) in [6.07, 6.45) is -15.1. The molecule has 0 saturated carbocycles. The third kappa shape index (κ3) is 5.31. The van der Waals surface area contributed by atoms with Gasteiger partial charge in [-0.05, 0) is 5.11 Å². The van der Waals surface area contributed by atoms with Crippen LogP contribution in [-0.2, 0) is 18.9 Å². The average Bonchev–Trinajstić information content (AvgIpc) is 2.66. The maximum atomic E-state index is 10.7. The van der Waals surface area contributed by atoms with Crippen LogP contribution in [0.5, 0.6) is 0 Å². The van der Waals surface area contributed by atoms with Gasteiger partial charge in [-0.15, -0.1) is 0 Å². The Morgan fingerprint density at radius 3 is 1.86 bits per heavy atom. The highest BCUT2D eigenvalue weighted by Gasteiger charge is 2.47. The molecule has 0 aromatic carbocycles. The fourth-order valence-corrected chi connectivity index (χ4v) is 2.77. The molecule has 10 atom stereocenters. The second-order valence-corrected chi connectivity index (χ2v) is 6.45. The van der Waals surface area contributed by atoms with Gasteiger partial charge < -0.3 is 59.9 Å². The lowest BCUT2D eigenvalue weighted by atomic mass is 9.98. The van der Waals surface area contributed by atoms with Gasteiger partial charge in [0.25, 0.3) is 0 Å². The van der Waals surface area contributed by atoms with Crippen LogP contribution in [0.25, 0.3) is 0 Å². The lowest BCUT2D eigenvalue weighted by Gasteiger charge is -2.42. The molecule has 164 valence electrons. The van der Waals surface area contributed by atoms with E-state index in [-0.39, 0.29) is 4.86 Å². The number of azo groups is 1. The highest BCUT2D eigenvalue weighted by molar-refractivity contribution is 4.91. The van der Waals surface area contributed by atoms with Crippen molar-refractivity contribution in [3.05, 3.63) is 5.21 Å². The Balaban J connectivity index is 1.96. The minimum atomic E-state index is -1.67. The standard InChI is InChI=1S/C14H26N2O12/c1-16(24)15-4-26-14-12(23)10(21)8(19)6(28-14)3-25-13-11(22)9(20)7(18)5(2-17)27-13/h5-14,17-23H,2-4H2,1H3/b16-15-/t5-,6-,7-,8-,9+,10+,11-,12-,13-,14-/m1/s1. The number of aliphatic hydroxyl groups excluding tert-OH is 7. The number of aliphatic hydroxyl groups is 7. The summed E-state index contributed by atoms with van der Waals surface area (Å²) >= 11 is 0. The molecular formula is C14H26N2O12. The van der Waals surface area contributed by atoms with E-state index in [0.717, 1.165) is 7.05 Å². The van der Waals surface area contributed by atoms with Gasteiger partial charge in [0, 0.05) is 0 Å². The lowest BCUT2D eigenvalue weighted by Crippen LogP contribution is -2.61. The van der Waals surface area contributed by atoms with Gasteiger partial charge in [-0.25, -0.2) is 0 Å². The molecule has 0 aliphatic carbocycles. The van der Waals surface area contributed by atoms with E-state index < -0.39 is 81.4 Å². The van der Waals surface area contributed by atoms with Crippen molar-refractivity contribution in [1.82, 2.24) is 0 Å². The molecule has 2 fully saturated rings. The molecule has 2 heterocycles. The Morgan fingerprint density at radius 1 is 0.821 bits per heavy atom. The molecule has 0 spiro atoms. The molecule has 2 saturated heterocycles. The number of hydrogen-bond donors (Lipinski definition) is 7. The van der Waals surface area contributed by atoms with Crippen molar-refractivity contribution < 1.29 is 59.6 Å². The molecule has 2 aliphatic rings. The van der Waals surface area contributed by atoms with Crippen molar-refractivity contribution in [3.63, 3.8) is 0 Å². The minimum absolute atomic E-state index is 0.222. The molecule has 0 radical (unpaired) electrons. The molecule has 7 N–H and O–H groups in total. The summed E-state index contributed by atoms with van der Waals surface area (Å²) in [6.45, 7) is -1.61. The second kappa shape index (κ2) is 10.1. The number of ether oxygens (including phenoxy) is 4. The fourth-order valence-electron chi connectivity index (χ4n) is 2.77. The van der Waals surface area contributed by atoms with Crippen molar-refractivity contribution in [3.8, 4) is 0 Å². The van der Waals surface area contributed by atoms with Crippen molar-refractivity contribution in [2.45, 2.75) is 61.4 Å². The van der Waals surface area contributed by atoms with Crippen LogP contribution in [0.1, 0.15) is 0 Å². The molecule has 2 aliphatic heterocycles. The van der Waals surface area contributed by atoms with Crippen molar-refractivity contribution in [2.75, 3.05) is 27.0 Å². The minimum Gasteiger partial charge on any atom is -0.600 e. The molecule has 0 bridgehead atoms. The summed E-state index contributed by atoms with van der Waals surface area (Å²) in [7, 11) is 1.11. The molecule has 2 rings (SSSR count). The molecule has 14 nitrogen and oxygen atoms in total. The van der Waals surface area contributed by atoms with E-state index in [9.17, 15) is 35.8 Å². The monoisotopic (exact) mass is 414 g/mol. The van der Waals surface area contributed by atoms with Crippen molar-refractivity contribution in [1.29, 1.82) is 0 Å². The van der Waals surface area contributed by atoms with Crippen LogP contribution in [0.15, 0.2) is 5.11 Å². The summed E-state index contributed by atoms with van der Waals surface area (Å²) in [5.74, 6) is 0. The van der Waals surface area contributed by atoms with Gasteiger partial charge in [0.2, 0.25) is 6.73 Å². The smallest absolute Gasteiger partial charge is 0.203 e. The van der Waals surface area contributed by atoms with Crippen LogP contribution in [0.2, 0.25) is 0 Å². The fraction of sp³-hybridized carbons (Fsp3) is 1.00. The molecular weight excluding hydrogens is 388 g/mol. The second-order valence-electron chi connectivity index (χ2n) is 6.45. The predicted molar refractivity (Wildman–Crippen MR) is 84.3 cm³/mol. The first-order chi connectivity index (χ1) is 13.2. The summed E-state index contributed by atoms with van der Waals surface area (Å²) < 4.78 is 20.8. The lowest BCUT2D eigenvalue weighted by molar-refractivity contribution is -0.505. The third-order valence-electron chi connectivity index (χ3n) is 4.44. The van der Waals surface area contributed by atoms with Gasteiger partial charge in [0.15, 0.2) is 19.6 Å². The number of nitrogens with zero attached hydrogens (tertiary/aromatic N) is 2. The topological polar surface area (TPSA) is 217 Å². The summed E-state index contributed by atoms with van der Waals surface area (Å²) in [6, 6.07) is 0. The van der Waals surface area contributed by atoms with Gasteiger partial charge in [-0.2, -0.15) is 0 Å². The zero-order chi connectivity index (χ0) is 21.0. The Bertz CT molecular complexity index is 519. The van der Waals surface area contributed by atoms with Crippen molar-refractivity contribution >= 4 is 0 Å². The van der Waals surface area contributed by atoms with E-state index in [0.29, 0.717) is 0 Å². The first kappa shape index (κ1) is 23.2. The maximum absolute atomic E-state index is 10.7.